The van der Waals surface area contributed by atoms with E-state index in [0.717, 1.165) is 0 Å². The van der Waals surface area contributed by atoms with E-state index in [1.807, 2.05) is 12.4 Å². The number of aromatic nitrogens is 1. The average molecular weight is 290 g/mol. The third-order valence-corrected chi connectivity index (χ3v) is 6.11. The van der Waals surface area contributed by atoms with Crippen molar-refractivity contribution in [3.63, 3.8) is 0 Å². The molecule has 1 heterocycles. The number of hydrogen-bond donors (Lipinski definition) is 0. The summed E-state index contributed by atoms with van der Waals surface area (Å²) in [5, 5.41) is 0. The molecule has 0 aliphatic heterocycles. The maximum Gasteiger partial charge on any atom is 0.0270 e. The van der Waals surface area contributed by atoms with Gasteiger partial charge in [-0.05, 0) is 45.3 Å². The van der Waals surface area contributed by atoms with Crippen LogP contribution in [-0.4, -0.2) is 4.98 Å². The van der Waals surface area contributed by atoms with Gasteiger partial charge in [0.05, 0.1) is 0 Å². The van der Waals surface area contributed by atoms with E-state index in [1.165, 1.54) is 5.56 Å². The van der Waals surface area contributed by atoms with Crippen LogP contribution in [0, 0.1) is 21.7 Å². The largest absolute Gasteiger partial charge is 0.265 e. The lowest BCUT2D eigenvalue weighted by Crippen LogP contribution is -2.49. The average Bonchev–Trinajstić information content (AvgIpc) is 2.26. The second-order valence-corrected chi connectivity index (χ2v) is 9.68. The molecule has 0 aliphatic carbocycles. The number of pyridine rings is 1. The van der Waals surface area contributed by atoms with Gasteiger partial charge in [-0.15, -0.1) is 0 Å². The van der Waals surface area contributed by atoms with Crippen LogP contribution in [0.25, 0.3) is 0 Å². The van der Waals surface area contributed by atoms with Gasteiger partial charge in [-0.25, -0.2) is 0 Å². The molecule has 1 unspecified atom stereocenters. The molecular weight excluding hydrogens is 254 g/mol. The fourth-order valence-electron chi connectivity index (χ4n) is 3.88. The van der Waals surface area contributed by atoms with Crippen molar-refractivity contribution in [1.82, 2.24) is 4.98 Å². The standard InChI is InChI=1S/C20H35N/c1-17(2,3)16(15-11-13-21-14-12-15)19(7,8)20(9,10)18(4,5)6/h11-14,16H,1-10H3. The molecule has 0 saturated carbocycles. The van der Waals surface area contributed by atoms with Crippen molar-refractivity contribution in [2.45, 2.75) is 75.2 Å². The van der Waals surface area contributed by atoms with Gasteiger partial charge in [0.2, 0.25) is 0 Å². The summed E-state index contributed by atoms with van der Waals surface area (Å²) in [5.74, 6) is 0.474. The Bertz CT molecular complexity index is 455. The van der Waals surface area contributed by atoms with Gasteiger partial charge in [-0.1, -0.05) is 69.2 Å². The van der Waals surface area contributed by atoms with Crippen LogP contribution in [0.3, 0.4) is 0 Å². The summed E-state index contributed by atoms with van der Waals surface area (Å²) in [4.78, 5) is 4.20. The molecule has 0 bridgehead atoms. The lowest BCUT2D eigenvalue weighted by atomic mass is 9.47. The van der Waals surface area contributed by atoms with Crippen LogP contribution in [0.1, 0.15) is 80.7 Å². The highest BCUT2D eigenvalue weighted by Crippen LogP contribution is 2.61. The van der Waals surface area contributed by atoms with Gasteiger partial charge in [0.1, 0.15) is 0 Å². The molecule has 0 radical (unpaired) electrons. The van der Waals surface area contributed by atoms with Gasteiger partial charge < -0.3 is 0 Å². The Morgan fingerprint density at radius 3 is 1.52 bits per heavy atom. The maximum absolute atomic E-state index is 4.20. The molecule has 1 aromatic rings. The molecule has 0 aliphatic rings. The molecule has 1 aromatic heterocycles. The summed E-state index contributed by atoms with van der Waals surface area (Å²) in [6.45, 7) is 23.9. The second kappa shape index (κ2) is 5.41. The van der Waals surface area contributed by atoms with Crippen LogP contribution < -0.4 is 0 Å². The van der Waals surface area contributed by atoms with E-state index in [-0.39, 0.29) is 21.7 Å². The first-order chi connectivity index (χ1) is 9.23. The van der Waals surface area contributed by atoms with Gasteiger partial charge in [-0.3, -0.25) is 4.98 Å². The number of rotatable bonds is 3. The summed E-state index contributed by atoms with van der Waals surface area (Å²) < 4.78 is 0. The smallest absolute Gasteiger partial charge is 0.0270 e. The van der Waals surface area contributed by atoms with Crippen LogP contribution in [0.4, 0.5) is 0 Å². The molecule has 0 aromatic carbocycles. The van der Waals surface area contributed by atoms with E-state index >= 15 is 0 Å². The monoisotopic (exact) mass is 289 g/mol. The van der Waals surface area contributed by atoms with Crippen LogP contribution in [0.15, 0.2) is 24.5 Å². The van der Waals surface area contributed by atoms with Crippen LogP contribution >= 0.6 is 0 Å². The minimum atomic E-state index is 0.158. The molecule has 0 fully saturated rings. The lowest BCUT2D eigenvalue weighted by Gasteiger charge is -2.57. The third kappa shape index (κ3) is 3.33. The van der Waals surface area contributed by atoms with Crippen LogP contribution in [0.2, 0.25) is 0 Å². The second-order valence-electron chi connectivity index (χ2n) is 9.68. The zero-order valence-electron chi connectivity index (χ0n) is 15.8. The summed E-state index contributed by atoms with van der Waals surface area (Å²) in [6.07, 6.45) is 3.85. The van der Waals surface area contributed by atoms with Crippen molar-refractivity contribution < 1.29 is 0 Å². The topological polar surface area (TPSA) is 12.9 Å². The van der Waals surface area contributed by atoms with E-state index < -0.39 is 0 Å². The lowest BCUT2D eigenvalue weighted by molar-refractivity contribution is -0.0518. The SMILES string of the molecule is CC(C)(C)C(c1ccncc1)C(C)(C)C(C)(C)C(C)(C)C. The first-order valence-electron chi connectivity index (χ1n) is 8.13. The van der Waals surface area contributed by atoms with Crippen molar-refractivity contribution in [2.75, 3.05) is 0 Å². The first kappa shape index (κ1) is 18.2. The Kier molecular flexibility index (Phi) is 4.69. The number of hydrogen-bond acceptors (Lipinski definition) is 1. The summed E-state index contributed by atoms with van der Waals surface area (Å²) in [7, 11) is 0. The van der Waals surface area contributed by atoms with Gasteiger partial charge in [0.15, 0.2) is 0 Å². The predicted octanol–water partition coefficient (Wildman–Crippen LogP) is 6.31. The molecule has 0 spiro atoms. The summed E-state index contributed by atoms with van der Waals surface area (Å²) in [5.41, 5.74) is 2.20. The van der Waals surface area contributed by atoms with Gasteiger partial charge in [0, 0.05) is 12.4 Å². The third-order valence-electron chi connectivity index (χ3n) is 6.11. The van der Waals surface area contributed by atoms with Gasteiger partial charge in [0.25, 0.3) is 0 Å². The van der Waals surface area contributed by atoms with Crippen molar-refractivity contribution in [2.24, 2.45) is 21.7 Å². The van der Waals surface area contributed by atoms with E-state index in [9.17, 15) is 0 Å². The summed E-state index contributed by atoms with van der Waals surface area (Å²) >= 11 is 0. The van der Waals surface area contributed by atoms with Crippen molar-refractivity contribution >= 4 is 0 Å². The molecule has 21 heavy (non-hydrogen) atoms. The Labute approximate surface area is 132 Å². The Morgan fingerprint density at radius 2 is 1.19 bits per heavy atom. The zero-order chi connectivity index (χ0) is 16.7. The quantitative estimate of drug-likeness (QED) is 0.635. The van der Waals surface area contributed by atoms with Crippen molar-refractivity contribution in [3.05, 3.63) is 30.1 Å². The predicted molar refractivity (Wildman–Crippen MR) is 93.5 cm³/mol. The highest BCUT2D eigenvalue weighted by molar-refractivity contribution is 5.23. The summed E-state index contributed by atoms with van der Waals surface area (Å²) in [6, 6.07) is 4.38. The molecule has 0 amide bonds. The van der Waals surface area contributed by atoms with E-state index in [2.05, 4.69) is 86.4 Å². The minimum Gasteiger partial charge on any atom is -0.265 e. The first-order valence-corrected chi connectivity index (χ1v) is 8.13. The fourth-order valence-corrected chi connectivity index (χ4v) is 3.88. The van der Waals surface area contributed by atoms with Gasteiger partial charge in [-0.2, -0.15) is 0 Å². The fraction of sp³-hybridized carbons (Fsp3) is 0.750. The molecular formula is C20H35N. The normalized spacial score (nSPS) is 15.9. The molecule has 1 heteroatoms. The van der Waals surface area contributed by atoms with E-state index in [4.69, 9.17) is 0 Å². The van der Waals surface area contributed by atoms with Crippen LogP contribution in [-0.2, 0) is 0 Å². The molecule has 1 nitrogen and oxygen atoms in total. The van der Waals surface area contributed by atoms with Gasteiger partial charge >= 0.3 is 0 Å². The van der Waals surface area contributed by atoms with Crippen molar-refractivity contribution in [3.8, 4) is 0 Å². The molecule has 1 rings (SSSR count). The molecule has 0 saturated heterocycles. The highest BCUT2D eigenvalue weighted by atomic mass is 14.6. The maximum atomic E-state index is 4.20. The van der Waals surface area contributed by atoms with E-state index in [1.54, 1.807) is 0 Å². The minimum absolute atomic E-state index is 0.158. The Hall–Kier alpha value is -0.850. The molecule has 120 valence electrons. The number of nitrogens with zero attached hydrogens (tertiary/aromatic N) is 1. The Balaban J connectivity index is 3.47. The Morgan fingerprint density at radius 1 is 0.762 bits per heavy atom. The van der Waals surface area contributed by atoms with Crippen molar-refractivity contribution in [1.29, 1.82) is 0 Å². The molecule has 0 N–H and O–H groups in total. The van der Waals surface area contributed by atoms with E-state index in [0.29, 0.717) is 5.92 Å². The zero-order valence-corrected chi connectivity index (χ0v) is 15.8. The highest BCUT2D eigenvalue weighted by Gasteiger charge is 2.52. The van der Waals surface area contributed by atoms with Crippen LogP contribution in [0.5, 0.6) is 0 Å². The molecule has 1 atom stereocenters.